The van der Waals surface area contributed by atoms with Crippen LogP contribution in [-0.2, 0) is 27.2 Å². The van der Waals surface area contributed by atoms with E-state index in [0.29, 0.717) is 0 Å². The van der Waals surface area contributed by atoms with Crippen LogP contribution in [0.25, 0.3) is 0 Å². The minimum Gasteiger partial charge on any atom is -0.388 e. The van der Waals surface area contributed by atoms with Gasteiger partial charge in [0.15, 0.2) is 0 Å². The molecule has 1 aliphatic rings. The van der Waals surface area contributed by atoms with Crippen molar-refractivity contribution in [1.29, 1.82) is 0 Å². The van der Waals surface area contributed by atoms with Crippen molar-refractivity contribution in [2.75, 3.05) is 7.11 Å². The molecule has 7 heteroatoms. The maximum Gasteiger partial charge on any atom is 0.224 e. The predicted octanol–water partition coefficient (Wildman–Crippen LogP) is 0.748. The molecule has 0 aliphatic heterocycles. The third-order valence-corrected chi connectivity index (χ3v) is 5.28. The van der Waals surface area contributed by atoms with E-state index in [1.54, 1.807) is 12.2 Å². The largest absolute Gasteiger partial charge is 0.388 e. The van der Waals surface area contributed by atoms with Gasteiger partial charge in [0.25, 0.3) is 0 Å². The monoisotopic (exact) mass is 424 g/mol. The molecular formula is C24H28N2O5. The predicted molar refractivity (Wildman–Crippen MR) is 116 cm³/mol. The lowest BCUT2D eigenvalue weighted by atomic mass is 10.00. The van der Waals surface area contributed by atoms with E-state index in [2.05, 4.69) is 10.6 Å². The van der Waals surface area contributed by atoms with Crippen molar-refractivity contribution in [2.45, 2.75) is 43.2 Å². The van der Waals surface area contributed by atoms with Crippen molar-refractivity contribution in [2.24, 2.45) is 0 Å². The Morgan fingerprint density at radius 3 is 1.52 bits per heavy atom. The van der Waals surface area contributed by atoms with E-state index in [1.165, 1.54) is 7.11 Å². The van der Waals surface area contributed by atoms with Crippen LogP contribution < -0.4 is 10.6 Å². The number of aliphatic hydroxyl groups is 2. The maximum atomic E-state index is 12.4. The zero-order chi connectivity index (χ0) is 22.2. The fraction of sp³-hybridized carbons (Fsp3) is 0.333. The molecule has 31 heavy (non-hydrogen) atoms. The van der Waals surface area contributed by atoms with Crippen molar-refractivity contribution in [3.63, 3.8) is 0 Å². The summed E-state index contributed by atoms with van der Waals surface area (Å²) in [6, 6.07) is 17.0. The smallest absolute Gasteiger partial charge is 0.224 e. The summed E-state index contributed by atoms with van der Waals surface area (Å²) in [4.78, 5) is 24.9. The summed E-state index contributed by atoms with van der Waals surface area (Å²) < 4.78 is 5.31. The van der Waals surface area contributed by atoms with Crippen LogP contribution in [0.1, 0.15) is 11.1 Å². The molecule has 2 amide bonds. The molecule has 0 aromatic heterocycles. The van der Waals surface area contributed by atoms with Crippen LogP contribution >= 0.6 is 0 Å². The number of benzene rings is 2. The summed E-state index contributed by atoms with van der Waals surface area (Å²) in [5.74, 6) is -0.536. The van der Waals surface area contributed by atoms with E-state index in [9.17, 15) is 19.8 Å². The second kappa shape index (κ2) is 10.9. The Balaban J connectivity index is 1.67. The molecule has 164 valence electrons. The number of hydrogen-bond donors (Lipinski definition) is 4. The summed E-state index contributed by atoms with van der Waals surface area (Å²) in [6.45, 7) is 0. The number of ether oxygens (including phenoxy) is 1. The minimum atomic E-state index is -1.19. The summed E-state index contributed by atoms with van der Waals surface area (Å²) in [5.41, 5.74) is 1.70. The molecular weight excluding hydrogens is 396 g/mol. The van der Waals surface area contributed by atoms with Gasteiger partial charge in [-0.1, -0.05) is 72.8 Å². The van der Waals surface area contributed by atoms with Crippen LogP contribution in [0.5, 0.6) is 0 Å². The normalized spacial score (nSPS) is 25.5. The van der Waals surface area contributed by atoms with Gasteiger partial charge in [0, 0.05) is 7.11 Å². The Morgan fingerprint density at radius 1 is 0.774 bits per heavy atom. The lowest BCUT2D eigenvalue weighted by Gasteiger charge is -2.31. The molecule has 4 N–H and O–H groups in total. The van der Waals surface area contributed by atoms with Gasteiger partial charge in [-0.2, -0.15) is 0 Å². The molecule has 0 saturated heterocycles. The highest BCUT2D eigenvalue weighted by atomic mass is 16.5. The number of amides is 2. The first-order valence-corrected chi connectivity index (χ1v) is 10.2. The topological polar surface area (TPSA) is 108 Å². The van der Waals surface area contributed by atoms with Gasteiger partial charge in [0.05, 0.1) is 24.9 Å². The van der Waals surface area contributed by atoms with E-state index >= 15 is 0 Å². The fourth-order valence-corrected chi connectivity index (χ4v) is 3.66. The minimum absolute atomic E-state index is 0.162. The van der Waals surface area contributed by atoms with Gasteiger partial charge in [-0.05, 0) is 11.1 Å². The van der Waals surface area contributed by atoms with Gasteiger partial charge >= 0.3 is 0 Å². The number of hydrogen-bond acceptors (Lipinski definition) is 5. The average molecular weight is 424 g/mol. The van der Waals surface area contributed by atoms with Crippen LogP contribution in [-0.4, -0.2) is 59.5 Å². The molecule has 2 aromatic rings. The van der Waals surface area contributed by atoms with E-state index in [4.69, 9.17) is 4.74 Å². The number of methoxy groups -OCH3 is 1. The lowest BCUT2D eigenvalue weighted by Crippen LogP contribution is -2.55. The third-order valence-electron chi connectivity index (χ3n) is 5.28. The summed E-state index contributed by atoms with van der Waals surface area (Å²) in [6.07, 6.45) is 0.120. The Labute approximate surface area is 181 Å². The summed E-state index contributed by atoms with van der Waals surface area (Å²) in [7, 11) is 1.37. The molecule has 0 bridgehead atoms. The lowest BCUT2D eigenvalue weighted by molar-refractivity contribution is -0.126. The number of aliphatic hydroxyl groups excluding tert-OH is 2. The first kappa shape index (κ1) is 22.7. The van der Waals surface area contributed by atoms with Gasteiger partial charge in [0.1, 0.15) is 18.3 Å². The second-order valence-electron chi connectivity index (χ2n) is 7.58. The first-order valence-electron chi connectivity index (χ1n) is 10.2. The fourth-order valence-electron chi connectivity index (χ4n) is 3.66. The van der Waals surface area contributed by atoms with Crippen molar-refractivity contribution in [3.05, 3.63) is 83.9 Å². The van der Waals surface area contributed by atoms with Crippen LogP contribution in [0.2, 0.25) is 0 Å². The van der Waals surface area contributed by atoms with Gasteiger partial charge in [-0.25, -0.2) is 0 Å². The molecule has 5 atom stereocenters. The highest BCUT2D eigenvalue weighted by molar-refractivity contribution is 5.80. The second-order valence-corrected chi connectivity index (χ2v) is 7.58. The molecule has 1 aliphatic carbocycles. The highest BCUT2D eigenvalue weighted by Crippen LogP contribution is 2.18. The summed E-state index contributed by atoms with van der Waals surface area (Å²) in [5, 5.41) is 27.0. The number of carbonyl (C=O) groups is 2. The molecule has 7 nitrogen and oxygen atoms in total. The van der Waals surface area contributed by atoms with E-state index in [1.807, 2.05) is 60.7 Å². The molecule has 1 unspecified atom stereocenters. The molecule has 3 rings (SSSR count). The molecule has 0 heterocycles. The molecule has 2 aromatic carbocycles. The van der Waals surface area contributed by atoms with Gasteiger partial charge in [0.2, 0.25) is 11.8 Å². The Bertz CT molecular complexity index is 816. The van der Waals surface area contributed by atoms with Crippen LogP contribution in [0, 0.1) is 0 Å². The highest BCUT2D eigenvalue weighted by Gasteiger charge is 2.39. The van der Waals surface area contributed by atoms with Crippen molar-refractivity contribution >= 4 is 11.8 Å². The average Bonchev–Trinajstić information content (AvgIpc) is 2.86. The van der Waals surface area contributed by atoms with Crippen LogP contribution in [0.15, 0.2) is 72.8 Å². The van der Waals surface area contributed by atoms with Gasteiger partial charge in [-0.15, -0.1) is 0 Å². The summed E-state index contributed by atoms with van der Waals surface area (Å²) >= 11 is 0. The van der Waals surface area contributed by atoms with E-state index in [-0.39, 0.29) is 24.7 Å². The number of carbonyl (C=O) groups excluding carboxylic acids is 2. The maximum absolute atomic E-state index is 12.4. The van der Waals surface area contributed by atoms with Crippen LogP contribution in [0.4, 0.5) is 0 Å². The standard InChI is InChI=1S/C24H28N2O5/c1-31-24-22(29)18(25-20(27)14-16-8-4-2-5-9-16)12-13-19(23(24)30)26-21(28)15-17-10-6-3-7-11-17/h2-13,18-19,22-24,29-30H,14-15H2,1H3,(H,25,27)(H,26,28)/t18-,19+,22+,23-,24?. The van der Waals surface area contributed by atoms with Crippen LogP contribution in [0.3, 0.4) is 0 Å². The van der Waals surface area contributed by atoms with Gasteiger partial charge < -0.3 is 25.6 Å². The number of nitrogens with one attached hydrogen (secondary N) is 2. The molecule has 0 saturated carbocycles. The molecule has 0 fully saturated rings. The third kappa shape index (κ3) is 6.24. The van der Waals surface area contributed by atoms with E-state index in [0.717, 1.165) is 11.1 Å². The van der Waals surface area contributed by atoms with Crippen molar-refractivity contribution in [1.82, 2.24) is 10.6 Å². The Kier molecular flexibility index (Phi) is 7.94. The Hall–Kier alpha value is -3.00. The first-order chi connectivity index (χ1) is 15.0. The van der Waals surface area contributed by atoms with Gasteiger partial charge in [-0.3, -0.25) is 9.59 Å². The molecule has 0 radical (unpaired) electrons. The van der Waals surface area contributed by atoms with Crippen molar-refractivity contribution in [3.8, 4) is 0 Å². The number of rotatable bonds is 7. The van der Waals surface area contributed by atoms with E-state index < -0.39 is 30.4 Å². The zero-order valence-electron chi connectivity index (χ0n) is 17.3. The molecule has 0 spiro atoms. The quantitative estimate of drug-likeness (QED) is 0.491. The van der Waals surface area contributed by atoms with Crippen molar-refractivity contribution < 1.29 is 24.5 Å². The Morgan fingerprint density at radius 2 is 1.16 bits per heavy atom. The zero-order valence-corrected chi connectivity index (χ0v) is 17.3. The SMILES string of the molecule is COC1[C@@H](O)[C@H](NC(=O)Cc2ccccc2)C=C[C@H](NC(=O)Cc2ccccc2)[C@H]1O.